The van der Waals surface area contributed by atoms with Crippen molar-refractivity contribution in [3.8, 4) is 0 Å². The molecule has 28 heavy (non-hydrogen) atoms. The van der Waals surface area contributed by atoms with Gasteiger partial charge in [0.2, 0.25) is 0 Å². The van der Waals surface area contributed by atoms with Crippen LogP contribution >= 0.6 is 0 Å². The summed E-state index contributed by atoms with van der Waals surface area (Å²) in [4.78, 5) is 25.7. The minimum atomic E-state index is -0.147. The molecule has 1 aliphatic rings. The normalized spacial score (nSPS) is 19.9. The van der Waals surface area contributed by atoms with E-state index in [1.54, 1.807) is 17.8 Å². The predicted octanol–water partition coefficient (Wildman–Crippen LogP) is 3.30. The maximum absolute atomic E-state index is 13.0. The fourth-order valence-corrected chi connectivity index (χ4v) is 4.22. The molecule has 0 aromatic carbocycles. The van der Waals surface area contributed by atoms with Gasteiger partial charge in [0.25, 0.3) is 11.5 Å². The molecule has 1 amide bonds. The smallest absolute Gasteiger partial charge is 0.260 e. The fraction of sp³-hybridized carbons (Fsp3) is 0.636. The number of unbranched alkanes of at least 4 members (excludes halogenated alkanes) is 1. The first-order valence-electron chi connectivity index (χ1n) is 10.6. The number of pyridine rings is 1. The van der Waals surface area contributed by atoms with Crippen molar-refractivity contribution in [3.63, 3.8) is 0 Å². The first kappa shape index (κ1) is 20.6. The maximum atomic E-state index is 13.0. The van der Waals surface area contributed by atoms with E-state index in [-0.39, 0.29) is 17.5 Å². The Hall–Kier alpha value is -2.08. The highest BCUT2D eigenvalue weighted by Gasteiger charge is 2.25. The highest BCUT2D eigenvalue weighted by molar-refractivity contribution is 6.07. The van der Waals surface area contributed by atoms with Gasteiger partial charge in [0.05, 0.1) is 22.6 Å². The summed E-state index contributed by atoms with van der Waals surface area (Å²) in [5.41, 5.74) is 2.30. The molecule has 6 nitrogen and oxygen atoms in total. The van der Waals surface area contributed by atoms with Gasteiger partial charge >= 0.3 is 0 Å². The molecule has 0 saturated heterocycles. The van der Waals surface area contributed by atoms with Crippen LogP contribution in [0.3, 0.4) is 0 Å². The summed E-state index contributed by atoms with van der Waals surface area (Å²) < 4.78 is 9.40. The van der Waals surface area contributed by atoms with Gasteiger partial charge in [0.15, 0.2) is 0 Å². The zero-order valence-corrected chi connectivity index (χ0v) is 17.6. The lowest BCUT2D eigenvalue weighted by molar-refractivity contribution is 0.0209. The van der Waals surface area contributed by atoms with Crippen molar-refractivity contribution < 1.29 is 9.53 Å². The fourth-order valence-electron chi connectivity index (χ4n) is 4.22. The topological polar surface area (TPSA) is 65.3 Å². The van der Waals surface area contributed by atoms with Gasteiger partial charge in [-0.2, -0.15) is 0 Å². The van der Waals surface area contributed by atoms with Crippen molar-refractivity contribution in [1.29, 1.82) is 0 Å². The molecular formula is C22H33N3O3. The van der Waals surface area contributed by atoms with Gasteiger partial charge in [-0.05, 0) is 44.1 Å². The number of aryl methyl sites for hydroxylation is 3. The van der Waals surface area contributed by atoms with E-state index in [2.05, 4.69) is 19.2 Å². The second-order valence-electron chi connectivity index (χ2n) is 7.97. The third kappa shape index (κ3) is 4.17. The Morgan fingerprint density at radius 3 is 2.50 bits per heavy atom. The second kappa shape index (κ2) is 8.95. The van der Waals surface area contributed by atoms with E-state index in [9.17, 15) is 9.59 Å². The Bertz CT molecular complexity index is 889. The number of carbonyl (C=O) groups is 1. The van der Waals surface area contributed by atoms with Crippen molar-refractivity contribution in [1.82, 2.24) is 14.5 Å². The maximum Gasteiger partial charge on any atom is 0.260 e. The highest BCUT2D eigenvalue weighted by Crippen LogP contribution is 2.24. The molecule has 6 heteroatoms. The van der Waals surface area contributed by atoms with Gasteiger partial charge in [0.1, 0.15) is 0 Å². The quantitative estimate of drug-likeness (QED) is 0.742. The molecule has 0 atom stereocenters. The molecule has 3 rings (SSSR count). The third-order valence-electron chi connectivity index (χ3n) is 5.86. The average molecular weight is 388 g/mol. The largest absolute Gasteiger partial charge is 0.378 e. The number of hydrogen-bond acceptors (Lipinski definition) is 3. The molecule has 2 aromatic rings. The van der Waals surface area contributed by atoms with Gasteiger partial charge in [-0.15, -0.1) is 0 Å². The van der Waals surface area contributed by atoms with Gasteiger partial charge < -0.3 is 19.2 Å². The Balaban J connectivity index is 1.73. The summed E-state index contributed by atoms with van der Waals surface area (Å²) in [6.07, 6.45) is 10.8. The third-order valence-corrected chi connectivity index (χ3v) is 5.86. The van der Waals surface area contributed by atoms with Gasteiger partial charge in [-0.25, -0.2) is 0 Å². The predicted molar refractivity (Wildman–Crippen MR) is 112 cm³/mol. The van der Waals surface area contributed by atoms with E-state index in [4.69, 9.17) is 4.74 Å². The van der Waals surface area contributed by atoms with Gasteiger partial charge in [-0.1, -0.05) is 20.3 Å². The highest BCUT2D eigenvalue weighted by atomic mass is 16.5. The number of fused-ring (bicyclic) bond motifs is 1. The molecule has 0 unspecified atom stereocenters. The number of ether oxygens (including phenoxy) is 1. The van der Waals surface area contributed by atoms with Crippen LogP contribution in [0.25, 0.3) is 10.9 Å². The molecule has 2 aromatic heterocycles. The van der Waals surface area contributed by atoms with Crippen molar-refractivity contribution in [3.05, 3.63) is 33.9 Å². The van der Waals surface area contributed by atoms with E-state index in [1.165, 1.54) is 0 Å². The Morgan fingerprint density at radius 2 is 1.86 bits per heavy atom. The first-order chi connectivity index (χ1) is 13.5. The lowest BCUT2D eigenvalue weighted by atomic mass is 9.92. The van der Waals surface area contributed by atoms with Crippen molar-refractivity contribution >= 4 is 16.8 Å². The minimum Gasteiger partial charge on any atom is -0.378 e. The molecule has 1 N–H and O–H groups in total. The van der Waals surface area contributed by atoms with E-state index in [0.717, 1.165) is 62.6 Å². The monoisotopic (exact) mass is 387 g/mol. The standard InChI is InChI=1S/C22H33N3O3/c1-5-7-12-28-17-10-8-16(9-11-17)23-21(26)18-14-24(3)20-15(6-2)13-25(4)22(27)19(18)20/h13-14,16-17H,5-12H2,1-4H3,(H,23,26). The zero-order valence-electron chi connectivity index (χ0n) is 17.6. The summed E-state index contributed by atoms with van der Waals surface area (Å²) in [5.74, 6) is -0.147. The molecule has 1 fully saturated rings. The van der Waals surface area contributed by atoms with Crippen molar-refractivity contribution in [2.75, 3.05) is 6.61 Å². The van der Waals surface area contributed by atoms with Crippen LogP contribution in [0.2, 0.25) is 0 Å². The number of aromatic nitrogens is 2. The molecule has 154 valence electrons. The van der Waals surface area contributed by atoms with E-state index in [1.807, 2.05) is 17.8 Å². The number of nitrogens with one attached hydrogen (secondary N) is 1. The molecule has 0 spiro atoms. The van der Waals surface area contributed by atoms with Gasteiger partial charge in [-0.3, -0.25) is 9.59 Å². The van der Waals surface area contributed by atoms with E-state index < -0.39 is 0 Å². The number of carbonyl (C=O) groups excluding carboxylic acids is 1. The van der Waals surface area contributed by atoms with Crippen LogP contribution in [0, 0.1) is 0 Å². The van der Waals surface area contributed by atoms with Crippen molar-refractivity contribution in [2.45, 2.75) is 70.9 Å². The number of nitrogens with zero attached hydrogens (tertiary/aromatic N) is 2. The molecule has 1 aliphatic carbocycles. The van der Waals surface area contributed by atoms with Crippen LogP contribution in [-0.2, 0) is 25.3 Å². The van der Waals surface area contributed by atoms with Crippen LogP contribution < -0.4 is 10.9 Å². The Morgan fingerprint density at radius 1 is 1.14 bits per heavy atom. The average Bonchev–Trinajstić information content (AvgIpc) is 3.04. The molecule has 0 bridgehead atoms. The minimum absolute atomic E-state index is 0.119. The Labute approximate surface area is 166 Å². The number of rotatable bonds is 7. The van der Waals surface area contributed by atoms with Crippen LogP contribution in [0.1, 0.15) is 68.3 Å². The summed E-state index contributed by atoms with van der Waals surface area (Å²) in [6, 6.07) is 0.145. The van der Waals surface area contributed by atoms with E-state index >= 15 is 0 Å². The zero-order chi connectivity index (χ0) is 20.3. The Kier molecular flexibility index (Phi) is 6.60. The summed E-state index contributed by atoms with van der Waals surface area (Å²) >= 11 is 0. The second-order valence-corrected chi connectivity index (χ2v) is 7.97. The molecule has 0 aliphatic heterocycles. The number of hydrogen-bond donors (Lipinski definition) is 1. The van der Waals surface area contributed by atoms with Crippen molar-refractivity contribution in [2.24, 2.45) is 14.1 Å². The van der Waals surface area contributed by atoms with Crippen LogP contribution in [0.15, 0.2) is 17.2 Å². The number of amides is 1. The molecule has 2 heterocycles. The summed E-state index contributed by atoms with van der Waals surface area (Å²) in [7, 11) is 3.64. The SMILES string of the molecule is CCCCOC1CCC(NC(=O)c2cn(C)c3c(CC)cn(C)c(=O)c23)CC1. The molecule has 1 saturated carbocycles. The molecular weight excluding hydrogens is 354 g/mol. The van der Waals surface area contributed by atoms with Crippen LogP contribution in [0.4, 0.5) is 0 Å². The van der Waals surface area contributed by atoms with Crippen LogP contribution in [-0.4, -0.2) is 33.8 Å². The lowest BCUT2D eigenvalue weighted by Gasteiger charge is -2.29. The summed E-state index contributed by atoms with van der Waals surface area (Å²) in [6.45, 7) is 5.06. The van der Waals surface area contributed by atoms with Gasteiger partial charge in [0, 0.05) is 39.1 Å². The molecule has 0 radical (unpaired) electrons. The van der Waals surface area contributed by atoms with E-state index in [0.29, 0.717) is 17.1 Å². The first-order valence-corrected chi connectivity index (χ1v) is 10.6. The van der Waals surface area contributed by atoms with Crippen LogP contribution in [0.5, 0.6) is 0 Å². The summed E-state index contributed by atoms with van der Waals surface area (Å²) in [5, 5.41) is 3.68. The lowest BCUT2D eigenvalue weighted by Crippen LogP contribution is -2.39.